The van der Waals surface area contributed by atoms with Crippen molar-refractivity contribution in [1.82, 2.24) is 4.90 Å². The van der Waals surface area contributed by atoms with Gasteiger partial charge in [0.15, 0.2) is 0 Å². The quantitative estimate of drug-likeness (QED) is 0.913. The molecule has 2 N–H and O–H groups in total. The Morgan fingerprint density at radius 1 is 1.20 bits per heavy atom. The van der Waals surface area contributed by atoms with Gasteiger partial charge in [0.25, 0.3) is 0 Å². The summed E-state index contributed by atoms with van der Waals surface area (Å²) in [5.74, 6) is 0.881. The first-order valence-corrected chi connectivity index (χ1v) is 8.32. The molecule has 1 atom stereocenters. The highest BCUT2D eigenvalue weighted by Crippen LogP contribution is 2.70. The van der Waals surface area contributed by atoms with Gasteiger partial charge in [-0.15, -0.1) is 0 Å². The summed E-state index contributed by atoms with van der Waals surface area (Å²) in [5.41, 5.74) is 9.84. The SMILES string of the molecule is NC1CCN(Cc2cccc(C3CC34CCC4)c2)CC1. The molecule has 1 aromatic rings. The van der Waals surface area contributed by atoms with Crippen LogP contribution in [-0.2, 0) is 6.54 Å². The van der Waals surface area contributed by atoms with Crippen LogP contribution in [0.15, 0.2) is 24.3 Å². The van der Waals surface area contributed by atoms with Crippen LogP contribution in [0, 0.1) is 5.41 Å². The van der Waals surface area contributed by atoms with Crippen LogP contribution in [0.4, 0.5) is 0 Å². The van der Waals surface area contributed by atoms with Crippen LogP contribution in [0.1, 0.15) is 55.6 Å². The maximum atomic E-state index is 5.99. The van der Waals surface area contributed by atoms with E-state index in [1.165, 1.54) is 44.3 Å². The highest BCUT2D eigenvalue weighted by Gasteiger charge is 2.57. The van der Waals surface area contributed by atoms with Gasteiger partial charge < -0.3 is 5.73 Å². The third-order valence-electron chi connectivity index (χ3n) is 5.93. The Bertz CT molecular complexity index is 484. The Kier molecular flexibility index (Phi) is 3.12. The van der Waals surface area contributed by atoms with E-state index < -0.39 is 0 Å². The summed E-state index contributed by atoms with van der Waals surface area (Å²) in [6.07, 6.45) is 8.19. The molecule has 1 saturated heterocycles. The number of hydrogen-bond donors (Lipinski definition) is 1. The molecule has 0 amide bonds. The molecule has 1 aromatic carbocycles. The Labute approximate surface area is 122 Å². The minimum atomic E-state index is 0.433. The summed E-state index contributed by atoms with van der Waals surface area (Å²) in [5, 5.41) is 0. The third kappa shape index (κ3) is 2.29. The predicted molar refractivity (Wildman–Crippen MR) is 82.6 cm³/mol. The topological polar surface area (TPSA) is 29.3 Å². The number of piperidine rings is 1. The second-order valence-corrected chi connectivity index (χ2v) is 7.33. The number of likely N-dealkylation sites (tertiary alicyclic amines) is 1. The van der Waals surface area contributed by atoms with Crippen molar-refractivity contribution in [3.05, 3.63) is 35.4 Å². The van der Waals surface area contributed by atoms with E-state index in [0.717, 1.165) is 30.7 Å². The van der Waals surface area contributed by atoms with Gasteiger partial charge in [-0.05, 0) is 67.7 Å². The van der Waals surface area contributed by atoms with Gasteiger partial charge in [0.1, 0.15) is 0 Å². The van der Waals surface area contributed by atoms with E-state index in [1.54, 1.807) is 5.56 Å². The van der Waals surface area contributed by atoms with Crippen LogP contribution in [-0.4, -0.2) is 24.0 Å². The zero-order valence-corrected chi connectivity index (χ0v) is 12.4. The van der Waals surface area contributed by atoms with Gasteiger partial charge >= 0.3 is 0 Å². The lowest BCUT2D eigenvalue weighted by Gasteiger charge is -2.30. The summed E-state index contributed by atoms with van der Waals surface area (Å²) in [7, 11) is 0. The molecule has 20 heavy (non-hydrogen) atoms. The lowest BCUT2D eigenvalue weighted by atomic mass is 9.78. The van der Waals surface area contributed by atoms with Crippen LogP contribution in [0.3, 0.4) is 0 Å². The molecule has 0 aromatic heterocycles. The maximum Gasteiger partial charge on any atom is 0.0233 e. The van der Waals surface area contributed by atoms with Gasteiger partial charge in [0.2, 0.25) is 0 Å². The van der Waals surface area contributed by atoms with Gasteiger partial charge in [0.05, 0.1) is 0 Å². The van der Waals surface area contributed by atoms with Crippen molar-refractivity contribution in [3.8, 4) is 0 Å². The number of nitrogens with zero attached hydrogens (tertiary/aromatic N) is 1. The zero-order chi connectivity index (χ0) is 13.6. The Morgan fingerprint density at radius 2 is 2.00 bits per heavy atom. The minimum Gasteiger partial charge on any atom is -0.328 e. The van der Waals surface area contributed by atoms with Crippen molar-refractivity contribution in [2.75, 3.05) is 13.1 Å². The lowest BCUT2D eigenvalue weighted by molar-refractivity contribution is 0.205. The van der Waals surface area contributed by atoms with E-state index >= 15 is 0 Å². The standard InChI is InChI=1S/C18H26N2/c19-16-5-9-20(10-6-16)13-14-3-1-4-15(11-14)17-12-18(17)7-2-8-18/h1,3-4,11,16-17H,2,5-10,12-13,19H2. The van der Waals surface area contributed by atoms with Gasteiger partial charge in [-0.2, -0.15) is 0 Å². The molecule has 2 nitrogen and oxygen atoms in total. The number of nitrogens with two attached hydrogens (primary N) is 1. The molecule has 2 heteroatoms. The van der Waals surface area contributed by atoms with E-state index in [1.807, 2.05) is 0 Å². The average molecular weight is 270 g/mol. The minimum absolute atomic E-state index is 0.433. The van der Waals surface area contributed by atoms with E-state index in [9.17, 15) is 0 Å². The predicted octanol–water partition coefficient (Wildman–Crippen LogP) is 3.27. The second-order valence-electron chi connectivity index (χ2n) is 7.33. The van der Waals surface area contributed by atoms with E-state index in [0.29, 0.717) is 6.04 Å². The fraction of sp³-hybridized carbons (Fsp3) is 0.667. The number of benzene rings is 1. The number of rotatable bonds is 3. The molecule has 1 heterocycles. The molecule has 0 radical (unpaired) electrons. The van der Waals surface area contributed by atoms with Gasteiger partial charge in [0, 0.05) is 12.6 Å². The summed E-state index contributed by atoms with van der Waals surface area (Å²) < 4.78 is 0. The number of hydrogen-bond acceptors (Lipinski definition) is 2. The average Bonchev–Trinajstić information content (AvgIpc) is 3.18. The van der Waals surface area contributed by atoms with Gasteiger partial charge in [-0.25, -0.2) is 0 Å². The Balaban J connectivity index is 1.41. The van der Waals surface area contributed by atoms with E-state index in [4.69, 9.17) is 5.73 Å². The summed E-state index contributed by atoms with van der Waals surface area (Å²) in [6.45, 7) is 3.44. The van der Waals surface area contributed by atoms with Crippen molar-refractivity contribution in [3.63, 3.8) is 0 Å². The molecule has 1 spiro atoms. The highest BCUT2D eigenvalue weighted by atomic mass is 15.1. The van der Waals surface area contributed by atoms with Crippen molar-refractivity contribution in [2.45, 2.75) is 57.0 Å². The first-order valence-electron chi connectivity index (χ1n) is 8.32. The fourth-order valence-corrected chi connectivity index (χ4v) is 4.28. The van der Waals surface area contributed by atoms with Gasteiger partial charge in [-0.1, -0.05) is 30.7 Å². The molecular formula is C18H26N2. The molecular weight excluding hydrogens is 244 g/mol. The molecule has 3 fully saturated rings. The Hall–Kier alpha value is -0.860. The van der Waals surface area contributed by atoms with Gasteiger partial charge in [-0.3, -0.25) is 4.90 Å². The maximum absolute atomic E-state index is 5.99. The largest absolute Gasteiger partial charge is 0.328 e. The smallest absolute Gasteiger partial charge is 0.0233 e. The molecule has 108 valence electrons. The molecule has 1 aliphatic heterocycles. The lowest BCUT2D eigenvalue weighted by Crippen LogP contribution is -2.39. The first kappa shape index (κ1) is 12.8. The highest BCUT2D eigenvalue weighted by molar-refractivity contribution is 5.34. The molecule has 3 aliphatic rings. The van der Waals surface area contributed by atoms with Crippen LogP contribution in [0.25, 0.3) is 0 Å². The second kappa shape index (κ2) is 4.85. The van der Waals surface area contributed by atoms with Crippen molar-refractivity contribution >= 4 is 0 Å². The van der Waals surface area contributed by atoms with Crippen LogP contribution < -0.4 is 5.73 Å². The van der Waals surface area contributed by atoms with Crippen LogP contribution in [0.2, 0.25) is 0 Å². The zero-order valence-electron chi connectivity index (χ0n) is 12.4. The van der Waals surface area contributed by atoms with Crippen LogP contribution >= 0.6 is 0 Å². The monoisotopic (exact) mass is 270 g/mol. The van der Waals surface area contributed by atoms with Crippen molar-refractivity contribution in [2.24, 2.45) is 11.1 Å². The summed E-state index contributed by atoms with van der Waals surface area (Å²) in [4.78, 5) is 2.56. The summed E-state index contributed by atoms with van der Waals surface area (Å²) >= 11 is 0. The van der Waals surface area contributed by atoms with Crippen LogP contribution in [0.5, 0.6) is 0 Å². The molecule has 2 saturated carbocycles. The van der Waals surface area contributed by atoms with Crippen molar-refractivity contribution < 1.29 is 0 Å². The summed E-state index contributed by atoms with van der Waals surface area (Å²) in [6, 6.07) is 9.83. The fourth-order valence-electron chi connectivity index (χ4n) is 4.28. The molecule has 1 unspecified atom stereocenters. The van der Waals surface area contributed by atoms with Crippen molar-refractivity contribution in [1.29, 1.82) is 0 Å². The Morgan fingerprint density at radius 3 is 2.65 bits per heavy atom. The normalized spacial score (nSPS) is 29.4. The van der Waals surface area contributed by atoms with E-state index in [2.05, 4.69) is 29.2 Å². The third-order valence-corrected chi connectivity index (χ3v) is 5.93. The first-order chi connectivity index (χ1) is 9.75. The van der Waals surface area contributed by atoms with E-state index in [-0.39, 0.29) is 0 Å². The molecule has 0 bridgehead atoms. The molecule has 4 rings (SSSR count). The molecule has 2 aliphatic carbocycles.